The summed E-state index contributed by atoms with van der Waals surface area (Å²) in [5.74, 6) is -0.553. The Balaban J connectivity index is 2.66. The van der Waals surface area contributed by atoms with E-state index in [-0.39, 0.29) is 0 Å². The second-order valence-corrected chi connectivity index (χ2v) is 4.36. The van der Waals surface area contributed by atoms with Crippen LogP contribution in [0.25, 0.3) is 0 Å². The highest BCUT2D eigenvalue weighted by Gasteiger charge is 1.95. The van der Waals surface area contributed by atoms with Crippen LogP contribution < -0.4 is 5.73 Å². The Kier molecular flexibility index (Phi) is 5.76. The van der Waals surface area contributed by atoms with Crippen molar-refractivity contribution in [1.29, 1.82) is 5.41 Å². The predicted octanol–water partition coefficient (Wildman–Crippen LogP) is 3.08. The van der Waals surface area contributed by atoms with Gasteiger partial charge in [-0.3, -0.25) is 4.79 Å². The standard InChI is InChI=1S/C15H15ClN2O/c1-11-5-7-12(8-6-11)14(17)4-2-3-13(16)9-10-15(18)19/h2-10,17H,1H3,(H2,18,19)/b4-2-,10-9+,13-3-,17-14?. The van der Waals surface area contributed by atoms with Gasteiger partial charge in [0.15, 0.2) is 0 Å². The van der Waals surface area contributed by atoms with Gasteiger partial charge in [-0.25, -0.2) is 0 Å². The molecule has 0 spiro atoms. The molecule has 3 nitrogen and oxygen atoms in total. The molecule has 1 aromatic rings. The van der Waals surface area contributed by atoms with Crippen LogP contribution in [0.1, 0.15) is 11.1 Å². The number of carbonyl (C=O) groups is 1. The van der Waals surface area contributed by atoms with Gasteiger partial charge in [0, 0.05) is 11.1 Å². The Labute approximate surface area is 117 Å². The van der Waals surface area contributed by atoms with Gasteiger partial charge in [-0.1, -0.05) is 47.5 Å². The highest BCUT2D eigenvalue weighted by molar-refractivity contribution is 6.31. The fourth-order valence-corrected chi connectivity index (χ4v) is 1.42. The summed E-state index contributed by atoms with van der Waals surface area (Å²) in [5.41, 5.74) is 7.32. The lowest BCUT2D eigenvalue weighted by atomic mass is 10.1. The molecule has 4 heteroatoms. The zero-order valence-corrected chi connectivity index (χ0v) is 11.3. The van der Waals surface area contributed by atoms with E-state index in [1.165, 1.54) is 12.2 Å². The SMILES string of the molecule is Cc1ccc(C(=N)\C=C/C=C(Cl)/C=C/C(N)=O)cc1. The van der Waals surface area contributed by atoms with E-state index < -0.39 is 5.91 Å². The quantitative estimate of drug-likeness (QED) is 0.484. The molecule has 0 aliphatic rings. The van der Waals surface area contributed by atoms with Crippen LogP contribution >= 0.6 is 11.6 Å². The minimum Gasteiger partial charge on any atom is -0.366 e. The Bertz CT molecular complexity index is 554. The topological polar surface area (TPSA) is 66.9 Å². The molecule has 0 unspecified atom stereocenters. The van der Waals surface area contributed by atoms with Crippen LogP contribution in [-0.4, -0.2) is 11.6 Å². The molecule has 1 rings (SSSR count). The maximum Gasteiger partial charge on any atom is 0.241 e. The molecular weight excluding hydrogens is 260 g/mol. The Morgan fingerprint density at radius 3 is 2.42 bits per heavy atom. The molecule has 0 aliphatic heterocycles. The van der Waals surface area contributed by atoms with Crippen LogP contribution in [0.2, 0.25) is 0 Å². The number of benzene rings is 1. The van der Waals surface area contributed by atoms with Crippen LogP contribution in [-0.2, 0) is 4.79 Å². The number of hydrogen-bond donors (Lipinski definition) is 2. The molecule has 0 fully saturated rings. The number of rotatable bonds is 5. The maximum absolute atomic E-state index is 10.5. The van der Waals surface area contributed by atoms with Crippen molar-refractivity contribution < 1.29 is 4.79 Å². The van der Waals surface area contributed by atoms with Crippen molar-refractivity contribution in [2.24, 2.45) is 5.73 Å². The van der Waals surface area contributed by atoms with E-state index in [4.69, 9.17) is 22.7 Å². The first-order valence-corrected chi connectivity index (χ1v) is 6.04. The van der Waals surface area contributed by atoms with E-state index in [0.29, 0.717) is 10.7 Å². The van der Waals surface area contributed by atoms with Crippen molar-refractivity contribution in [2.45, 2.75) is 6.92 Å². The van der Waals surface area contributed by atoms with Gasteiger partial charge in [0.2, 0.25) is 5.91 Å². The summed E-state index contributed by atoms with van der Waals surface area (Å²) in [7, 11) is 0. The largest absolute Gasteiger partial charge is 0.366 e. The highest BCUT2D eigenvalue weighted by Crippen LogP contribution is 2.06. The van der Waals surface area contributed by atoms with Crippen molar-refractivity contribution in [3.8, 4) is 0 Å². The van der Waals surface area contributed by atoms with Crippen molar-refractivity contribution in [3.05, 3.63) is 70.8 Å². The summed E-state index contributed by atoms with van der Waals surface area (Å²) in [6, 6.07) is 7.69. The lowest BCUT2D eigenvalue weighted by Crippen LogP contribution is -2.05. The second kappa shape index (κ2) is 7.34. The van der Waals surface area contributed by atoms with Gasteiger partial charge >= 0.3 is 0 Å². The molecule has 0 aliphatic carbocycles. The van der Waals surface area contributed by atoms with E-state index in [1.54, 1.807) is 18.2 Å². The van der Waals surface area contributed by atoms with Crippen LogP contribution in [0.5, 0.6) is 0 Å². The summed E-state index contributed by atoms with van der Waals surface area (Å²) in [6.45, 7) is 2.00. The van der Waals surface area contributed by atoms with Gasteiger partial charge in [-0.2, -0.15) is 0 Å². The molecule has 0 saturated carbocycles. The van der Waals surface area contributed by atoms with Crippen LogP contribution in [0.3, 0.4) is 0 Å². The average molecular weight is 275 g/mol. The molecule has 0 bridgehead atoms. The fourth-order valence-electron chi connectivity index (χ4n) is 1.28. The summed E-state index contributed by atoms with van der Waals surface area (Å²) < 4.78 is 0. The Morgan fingerprint density at radius 2 is 1.84 bits per heavy atom. The molecule has 0 atom stereocenters. The third-order valence-electron chi connectivity index (χ3n) is 2.29. The zero-order valence-electron chi connectivity index (χ0n) is 10.6. The lowest BCUT2D eigenvalue weighted by Gasteiger charge is -1.98. The smallest absolute Gasteiger partial charge is 0.241 e. The summed E-state index contributed by atoms with van der Waals surface area (Å²) >= 11 is 5.82. The molecule has 98 valence electrons. The average Bonchev–Trinajstić information content (AvgIpc) is 2.37. The van der Waals surface area contributed by atoms with E-state index in [9.17, 15) is 4.79 Å². The molecule has 0 heterocycles. The summed E-state index contributed by atoms with van der Waals surface area (Å²) in [5, 5.41) is 8.23. The van der Waals surface area contributed by atoms with Crippen molar-refractivity contribution in [2.75, 3.05) is 0 Å². The van der Waals surface area contributed by atoms with Gasteiger partial charge in [-0.15, -0.1) is 0 Å². The minimum absolute atomic E-state index is 0.367. The number of allylic oxidation sites excluding steroid dienone is 5. The van der Waals surface area contributed by atoms with E-state index in [1.807, 2.05) is 31.2 Å². The number of aryl methyl sites for hydroxylation is 1. The number of amides is 1. The Morgan fingerprint density at radius 1 is 1.21 bits per heavy atom. The number of nitrogens with one attached hydrogen (secondary N) is 1. The zero-order chi connectivity index (χ0) is 14.3. The molecule has 0 aromatic heterocycles. The van der Waals surface area contributed by atoms with Crippen molar-refractivity contribution in [1.82, 2.24) is 0 Å². The first kappa shape index (κ1) is 14.9. The first-order valence-electron chi connectivity index (χ1n) is 5.66. The molecule has 1 amide bonds. The number of carbonyl (C=O) groups excluding carboxylic acids is 1. The van der Waals surface area contributed by atoms with E-state index >= 15 is 0 Å². The van der Waals surface area contributed by atoms with Crippen molar-refractivity contribution >= 4 is 23.2 Å². The number of primary amides is 1. The summed E-state index contributed by atoms with van der Waals surface area (Å²) in [4.78, 5) is 10.5. The van der Waals surface area contributed by atoms with E-state index in [2.05, 4.69) is 0 Å². The van der Waals surface area contributed by atoms with Crippen LogP contribution in [0.4, 0.5) is 0 Å². The van der Waals surface area contributed by atoms with Gasteiger partial charge in [-0.05, 0) is 30.7 Å². The maximum atomic E-state index is 10.5. The van der Waals surface area contributed by atoms with Crippen LogP contribution in [0, 0.1) is 12.3 Å². The fraction of sp³-hybridized carbons (Fsp3) is 0.0667. The minimum atomic E-state index is -0.553. The molecule has 0 radical (unpaired) electrons. The Hall–Kier alpha value is -2.13. The van der Waals surface area contributed by atoms with Gasteiger partial charge in [0.05, 0.1) is 5.71 Å². The predicted molar refractivity (Wildman–Crippen MR) is 79.4 cm³/mol. The molecule has 0 saturated heterocycles. The number of nitrogens with two attached hydrogens (primary N) is 1. The monoisotopic (exact) mass is 274 g/mol. The third-order valence-corrected chi connectivity index (χ3v) is 2.54. The van der Waals surface area contributed by atoms with Crippen LogP contribution in [0.15, 0.2) is 59.7 Å². The normalized spacial score (nSPS) is 12.2. The number of halogens is 1. The first-order chi connectivity index (χ1) is 8.99. The molecular formula is C15H15ClN2O. The molecule has 19 heavy (non-hydrogen) atoms. The van der Waals surface area contributed by atoms with E-state index in [0.717, 1.165) is 11.1 Å². The molecule has 1 aromatic carbocycles. The lowest BCUT2D eigenvalue weighted by molar-refractivity contribution is -0.113. The second-order valence-electron chi connectivity index (χ2n) is 3.93. The van der Waals surface area contributed by atoms with Gasteiger partial charge in [0.1, 0.15) is 0 Å². The highest BCUT2D eigenvalue weighted by atomic mass is 35.5. The van der Waals surface area contributed by atoms with Gasteiger partial charge < -0.3 is 11.1 Å². The third kappa shape index (κ3) is 5.84. The molecule has 3 N–H and O–H groups in total. The number of hydrogen-bond acceptors (Lipinski definition) is 2. The van der Waals surface area contributed by atoms with Crippen molar-refractivity contribution in [3.63, 3.8) is 0 Å². The van der Waals surface area contributed by atoms with Gasteiger partial charge in [0.25, 0.3) is 0 Å². The summed E-state index contributed by atoms with van der Waals surface area (Å²) in [6.07, 6.45) is 7.45.